The lowest BCUT2D eigenvalue weighted by Gasteiger charge is -2.34. The average Bonchev–Trinajstić information content (AvgIpc) is 2.43. The Morgan fingerprint density at radius 2 is 1.96 bits per heavy atom. The van der Waals surface area contributed by atoms with Crippen LogP contribution >= 0.6 is 0 Å². The van der Waals surface area contributed by atoms with Crippen molar-refractivity contribution in [3.63, 3.8) is 0 Å². The number of rotatable bonds is 7. The van der Waals surface area contributed by atoms with E-state index >= 15 is 0 Å². The van der Waals surface area contributed by atoms with Gasteiger partial charge < -0.3 is 4.18 Å². The Hall–Kier alpha value is -1.66. The Bertz CT molecular complexity index is 749. The lowest BCUT2D eigenvalue weighted by atomic mass is 9.71. The third kappa shape index (κ3) is 8.15. The predicted molar refractivity (Wildman–Crippen MR) is 104 cm³/mol. The molecular formula is C20H30O5S. The van der Waals surface area contributed by atoms with Gasteiger partial charge in [-0.1, -0.05) is 48.8 Å². The van der Waals surface area contributed by atoms with E-state index in [9.17, 15) is 13.2 Å². The van der Waals surface area contributed by atoms with E-state index in [0.29, 0.717) is 5.57 Å². The molecule has 1 aliphatic carbocycles. The van der Waals surface area contributed by atoms with Gasteiger partial charge in [-0.05, 0) is 63.9 Å². The average molecular weight is 383 g/mol. The van der Waals surface area contributed by atoms with Crippen LogP contribution in [0.4, 0.5) is 0 Å². The Morgan fingerprint density at radius 1 is 1.31 bits per heavy atom. The second kappa shape index (κ2) is 9.33. The number of allylic oxidation sites excluding steroid dienone is 7. The summed E-state index contributed by atoms with van der Waals surface area (Å²) in [5, 5.41) is 0. The van der Waals surface area contributed by atoms with Gasteiger partial charge in [-0.2, -0.15) is 8.42 Å². The van der Waals surface area contributed by atoms with Crippen LogP contribution in [0.5, 0.6) is 0 Å². The second-order valence-electron chi connectivity index (χ2n) is 7.59. The summed E-state index contributed by atoms with van der Waals surface area (Å²) in [5.74, 6) is -1.13. The number of carbonyl (C=O) groups excluding carboxylic acids is 1. The van der Waals surface area contributed by atoms with Gasteiger partial charge in [-0.15, -0.1) is 0 Å². The van der Waals surface area contributed by atoms with Gasteiger partial charge in [0, 0.05) is 6.08 Å². The Labute approximate surface area is 157 Å². The van der Waals surface area contributed by atoms with E-state index in [1.807, 2.05) is 12.2 Å². The molecule has 0 aromatic carbocycles. The van der Waals surface area contributed by atoms with Gasteiger partial charge in [0.1, 0.15) is 0 Å². The topological polar surface area (TPSA) is 80.7 Å². The molecule has 0 aromatic heterocycles. The van der Waals surface area contributed by atoms with Gasteiger partial charge in [0.15, 0.2) is 0 Å². The fraction of sp³-hybridized carbons (Fsp3) is 0.550. The van der Waals surface area contributed by atoms with Gasteiger partial charge in [-0.25, -0.2) is 4.79 Å². The highest BCUT2D eigenvalue weighted by atomic mass is 32.3. The fourth-order valence-electron chi connectivity index (χ4n) is 3.36. The van der Waals surface area contributed by atoms with Crippen LogP contribution < -0.4 is 0 Å². The Morgan fingerprint density at radius 3 is 2.54 bits per heavy atom. The number of carbonyl (C=O) groups is 1. The predicted octanol–water partition coefficient (Wildman–Crippen LogP) is 5.09. The summed E-state index contributed by atoms with van der Waals surface area (Å²) in [4.78, 5) is 11.2. The summed E-state index contributed by atoms with van der Waals surface area (Å²) in [6, 6.07) is 0. The molecule has 26 heavy (non-hydrogen) atoms. The first-order valence-corrected chi connectivity index (χ1v) is 10.2. The Kier molecular flexibility index (Phi) is 8.03. The van der Waals surface area contributed by atoms with E-state index in [2.05, 4.69) is 31.9 Å². The van der Waals surface area contributed by atoms with Crippen molar-refractivity contribution >= 4 is 16.4 Å². The zero-order valence-corrected chi connectivity index (χ0v) is 17.1. The Balaban J connectivity index is 2.63. The molecule has 5 nitrogen and oxygen atoms in total. The minimum atomic E-state index is -4.77. The zero-order valence-electron chi connectivity index (χ0n) is 16.3. The van der Waals surface area contributed by atoms with Crippen molar-refractivity contribution in [1.82, 2.24) is 0 Å². The molecule has 0 aromatic rings. The quantitative estimate of drug-likeness (QED) is 0.287. The van der Waals surface area contributed by atoms with Crippen molar-refractivity contribution < 1.29 is 21.9 Å². The maximum absolute atomic E-state index is 11.2. The van der Waals surface area contributed by atoms with Crippen molar-refractivity contribution in [2.24, 2.45) is 5.41 Å². The van der Waals surface area contributed by atoms with Crippen molar-refractivity contribution in [3.8, 4) is 0 Å². The lowest BCUT2D eigenvalue weighted by Crippen LogP contribution is -2.20. The summed E-state index contributed by atoms with van der Waals surface area (Å²) in [5.41, 5.74) is 5.14. The van der Waals surface area contributed by atoms with Crippen LogP contribution in [0.15, 0.2) is 46.6 Å². The van der Waals surface area contributed by atoms with Crippen LogP contribution in [0.2, 0.25) is 0 Å². The van der Waals surface area contributed by atoms with Gasteiger partial charge >= 0.3 is 16.4 Å². The molecule has 1 rings (SSSR count). The molecule has 0 bridgehead atoms. The SMILES string of the molecule is CC1=C(CC/C(C)=C/C=C/C(C)=C/C(=O)OS(=O)(=O)O)C(C)(C)CCC1. The summed E-state index contributed by atoms with van der Waals surface area (Å²) in [6.07, 6.45) is 12.2. The third-order valence-electron chi connectivity index (χ3n) is 4.73. The lowest BCUT2D eigenvalue weighted by molar-refractivity contribution is -0.129. The molecule has 0 atom stereocenters. The van der Waals surface area contributed by atoms with Crippen molar-refractivity contribution in [2.45, 2.75) is 66.7 Å². The van der Waals surface area contributed by atoms with Crippen LogP contribution in [0.1, 0.15) is 66.7 Å². The molecule has 6 heteroatoms. The van der Waals surface area contributed by atoms with Crippen LogP contribution in [0.3, 0.4) is 0 Å². The molecule has 0 heterocycles. The molecule has 146 valence electrons. The van der Waals surface area contributed by atoms with E-state index in [0.717, 1.165) is 18.9 Å². The summed E-state index contributed by atoms with van der Waals surface area (Å²) < 4.78 is 33.2. The van der Waals surface area contributed by atoms with E-state index in [-0.39, 0.29) is 5.41 Å². The zero-order chi connectivity index (χ0) is 20.0. The monoisotopic (exact) mass is 382 g/mol. The van der Waals surface area contributed by atoms with Gasteiger partial charge in [0.2, 0.25) is 0 Å². The third-order valence-corrected chi connectivity index (χ3v) is 5.10. The summed E-state index contributed by atoms with van der Waals surface area (Å²) in [7, 11) is -4.77. The molecule has 0 amide bonds. The molecule has 0 saturated heterocycles. The molecular weight excluding hydrogens is 352 g/mol. The normalized spacial score (nSPS) is 19.2. The molecule has 0 saturated carbocycles. The van der Waals surface area contributed by atoms with Crippen molar-refractivity contribution in [3.05, 3.63) is 46.6 Å². The van der Waals surface area contributed by atoms with Gasteiger partial charge in [0.25, 0.3) is 0 Å². The molecule has 1 N–H and O–H groups in total. The summed E-state index contributed by atoms with van der Waals surface area (Å²) >= 11 is 0. The van der Waals surface area contributed by atoms with Crippen LogP contribution in [-0.4, -0.2) is 18.9 Å². The smallest absolute Gasteiger partial charge is 0.321 e. The number of hydrogen-bond acceptors (Lipinski definition) is 4. The molecule has 0 spiro atoms. The van der Waals surface area contributed by atoms with Crippen molar-refractivity contribution in [1.29, 1.82) is 0 Å². The maximum Gasteiger partial charge on any atom is 0.449 e. The molecule has 0 aliphatic heterocycles. The minimum absolute atomic E-state index is 0.283. The molecule has 0 radical (unpaired) electrons. The highest BCUT2D eigenvalue weighted by molar-refractivity contribution is 7.81. The largest absolute Gasteiger partial charge is 0.449 e. The minimum Gasteiger partial charge on any atom is -0.321 e. The van der Waals surface area contributed by atoms with E-state index in [1.54, 1.807) is 18.6 Å². The maximum atomic E-state index is 11.2. The first kappa shape index (κ1) is 22.4. The molecule has 0 unspecified atom stereocenters. The van der Waals surface area contributed by atoms with Crippen LogP contribution in [0, 0.1) is 5.41 Å². The van der Waals surface area contributed by atoms with Crippen LogP contribution in [0.25, 0.3) is 0 Å². The van der Waals surface area contributed by atoms with E-state index in [1.165, 1.54) is 30.4 Å². The highest BCUT2D eigenvalue weighted by Gasteiger charge is 2.27. The summed E-state index contributed by atoms with van der Waals surface area (Å²) in [6.45, 7) is 10.6. The van der Waals surface area contributed by atoms with Crippen molar-refractivity contribution in [2.75, 3.05) is 0 Å². The number of hydrogen-bond donors (Lipinski definition) is 1. The van der Waals surface area contributed by atoms with E-state index < -0.39 is 16.4 Å². The first-order chi connectivity index (χ1) is 11.9. The highest BCUT2D eigenvalue weighted by Crippen LogP contribution is 2.42. The van der Waals surface area contributed by atoms with Gasteiger partial charge in [0.05, 0.1) is 0 Å². The molecule has 1 aliphatic rings. The first-order valence-electron chi connectivity index (χ1n) is 8.83. The molecule has 0 fully saturated rings. The van der Waals surface area contributed by atoms with E-state index in [4.69, 9.17) is 4.55 Å². The second-order valence-corrected chi connectivity index (χ2v) is 8.61. The standard InChI is InChI=1S/C20H30O5S/c1-15(11-12-18-17(3)10-7-13-20(18,4)5)8-6-9-16(2)14-19(21)25-26(22,23)24/h6,8-9,14H,7,10-13H2,1-5H3,(H,22,23,24)/b9-6+,15-8+,16-14+. The fourth-order valence-corrected chi connectivity index (χ4v) is 3.61. The van der Waals surface area contributed by atoms with Gasteiger partial charge in [-0.3, -0.25) is 4.55 Å². The van der Waals surface area contributed by atoms with Crippen LogP contribution in [-0.2, 0) is 19.4 Å².